The second kappa shape index (κ2) is 14.3. The van der Waals surface area contributed by atoms with Gasteiger partial charge in [-0.3, -0.25) is 0 Å². The number of ether oxygens (including phenoxy) is 2. The van der Waals surface area contributed by atoms with Crippen LogP contribution in [0, 0.1) is 6.92 Å². The van der Waals surface area contributed by atoms with E-state index in [2.05, 4.69) is 55.5 Å². The van der Waals surface area contributed by atoms with Crippen LogP contribution >= 0.6 is 34.4 Å². The first-order chi connectivity index (χ1) is 21.2. The first-order valence-corrected chi connectivity index (χ1v) is 17.3. The van der Waals surface area contributed by atoms with E-state index >= 15 is 0 Å². The molecule has 0 bridgehead atoms. The summed E-state index contributed by atoms with van der Waals surface area (Å²) in [6.45, 7) is 2.15. The lowest BCUT2D eigenvalue weighted by Gasteiger charge is -2.34. The topological polar surface area (TPSA) is 75.7 Å². The second-order valence-corrected chi connectivity index (χ2v) is 16.5. The third-order valence-corrected chi connectivity index (χ3v) is 12.5. The fourth-order valence-corrected chi connectivity index (χ4v) is 10.1. The lowest BCUT2D eigenvalue weighted by Crippen LogP contribution is -2.63. The van der Waals surface area contributed by atoms with Gasteiger partial charge in [-0.2, -0.15) is 39.5 Å². The molecule has 0 saturated heterocycles. The molecular weight excluding hydrogens is 736 g/mol. The maximum absolute atomic E-state index is 12.2. The molecule has 46 heavy (non-hydrogen) atoms. The molecule has 0 aliphatic carbocycles. The minimum Gasteiger partial charge on any atom is -0.743 e. The van der Waals surface area contributed by atoms with Crippen molar-refractivity contribution in [2.75, 3.05) is 14.2 Å². The van der Waals surface area contributed by atoms with Crippen molar-refractivity contribution >= 4 is 55.4 Å². The summed E-state index contributed by atoms with van der Waals surface area (Å²) in [5.74, 6) is -13.1. The van der Waals surface area contributed by atoms with Crippen molar-refractivity contribution in [1.29, 1.82) is 0 Å². The van der Waals surface area contributed by atoms with Crippen LogP contribution in [0.3, 0.4) is 0 Å². The van der Waals surface area contributed by atoms with Gasteiger partial charge in [0.25, 0.3) is 0 Å². The number of benzene rings is 2. The summed E-state index contributed by atoms with van der Waals surface area (Å²) >= 11 is 5.57. The van der Waals surface area contributed by atoms with Crippen LogP contribution in [0.25, 0.3) is 0 Å². The van der Waals surface area contributed by atoms with Gasteiger partial charge in [0.1, 0.15) is 22.4 Å². The molecule has 4 aromatic rings. The number of thiophene rings is 2. The molecule has 0 N–H and O–H groups in total. The Labute approximate surface area is 272 Å². The predicted octanol–water partition coefficient (Wildman–Crippen LogP) is 9.34. The second-order valence-electron chi connectivity index (χ2n) is 8.82. The Morgan fingerprint density at radius 2 is 1.11 bits per heavy atom. The van der Waals surface area contributed by atoms with Crippen molar-refractivity contribution in [2.45, 2.75) is 52.6 Å². The molecule has 0 aliphatic heterocycles. The summed E-state index contributed by atoms with van der Waals surface area (Å²) in [7, 11) is -4.18. The van der Waals surface area contributed by atoms with E-state index in [1.54, 1.807) is 14.2 Å². The van der Waals surface area contributed by atoms with Crippen molar-refractivity contribution in [3.05, 3.63) is 77.7 Å². The molecule has 2 aromatic heterocycles. The van der Waals surface area contributed by atoms with Gasteiger partial charge < -0.3 is 14.0 Å². The van der Waals surface area contributed by atoms with E-state index in [4.69, 9.17) is 9.47 Å². The van der Waals surface area contributed by atoms with Crippen LogP contribution < -0.4 is 9.47 Å². The molecule has 0 spiro atoms. The fraction of sp³-hybridized carbons (Fsp3) is 0.259. The average molecular weight is 757 g/mol. The van der Waals surface area contributed by atoms with Crippen LogP contribution in [0.4, 0.5) is 39.5 Å². The first kappa shape index (κ1) is 37.9. The number of aryl methyl sites for hydroxylation is 1. The van der Waals surface area contributed by atoms with Crippen LogP contribution in [0.5, 0.6) is 11.5 Å². The van der Waals surface area contributed by atoms with Gasteiger partial charge in [-0.15, -0.1) is 11.3 Å². The molecule has 2 heterocycles. The highest BCUT2D eigenvalue weighted by Gasteiger charge is 2.83. The summed E-state index contributed by atoms with van der Waals surface area (Å²) in [5.41, 5.74) is 0. The molecule has 19 heteroatoms. The van der Waals surface area contributed by atoms with Crippen molar-refractivity contribution in [1.82, 2.24) is 0 Å². The van der Waals surface area contributed by atoms with Crippen LogP contribution in [0.2, 0.25) is 0 Å². The normalized spacial score (nSPS) is 12.9. The third kappa shape index (κ3) is 8.10. The fourth-order valence-electron chi connectivity index (χ4n) is 3.34. The SMILES string of the molecule is COc1ccc([S+](c2ccc(OC)cc2)c2ccc(Sc3ccc(C)s3)s2)cc1.O=S(=O)([O-])C(F)(F)C(F)(F)C(F)(F)C(F)(F)F. The van der Waals surface area contributed by atoms with Crippen LogP contribution in [0.1, 0.15) is 4.88 Å². The Morgan fingerprint density at radius 3 is 1.48 bits per heavy atom. The number of hydrogen-bond donors (Lipinski definition) is 0. The van der Waals surface area contributed by atoms with Crippen LogP contribution in [0.15, 0.2) is 95.2 Å². The number of hydrogen-bond acceptors (Lipinski definition) is 8. The highest BCUT2D eigenvalue weighted by Crippen LogP contribution is 2.54. The van der Waals surface area contributed by atoms with E-state index in [1.807, 2.05) is 58.7 Å². The summed E-state index contributed by atoms with van der Waals surface area (Å²) < 4.78 is 150. The van der Waals surface area contributed by atoms with Gasteiger partial charge in [-0.25, -0.2) is 8.42 Å². The standard InChI is InChI=1S/C23H21O2S4.C4HF9O3S/c1-16-4-13-21(26-16)27-22-14-15-23(28-22)29(19-9-5-17(24-2)6-10-19)20-11-7-18(25-3)8-12-20;5-1(6,3(9,10)11)2(7,8)4(12,13)17(14,15)16/h4-15H,1-3H3;(H,14,15,16)/q+1;/p-1. The Hall–Kier alpha value is -2.58. The van der Waals surface area contributed by atoms with Gasteiger partial charge in [0.05, 0.1) is 22.6 Å². The van der Waals surface area contributed by atoms with Crippen molar-refractivity contribution in [2.24, 2.45) is 0 Å². The van der Waals surface area contributed by atoms with E-state index < -0.39 is 33.4 Å². The van der Waals surface area contributed by atoms with Gasteiger partial charge in [0, 0.05) is 10.9 Å². The zero-order chi connectivity index (χ0) is 34.7. The molecule has 0 amide bonds. The molecular formula is C27H21F9O5S5. The lowest BCUT2D eigenvalue weighted by molar-refractivity contribution is -0.382. The predicted molar refractivity (Wildman–Crippen MR) is 156 cm³/mol. The Morgan fingerprint density at radius 1 is 0.674 bits per heavy atom. The Kier molecular flexibility index (Phi) is 11.7. The van der Waals surface area contributed by atoms with E-state index in [-0.39, 0.29) is 10.9 Å². The summed E-state index contributed by atoms with van der Waals surface area (Å²) in [6.07, 6.45) is -7.16. The van der Waals surface area contributed by atoms with Crippen molar-refractivity contribution in [3.8, 4) is 11.5 Å². The zero-order valence-electron chi connectivity index (χ0n) is 23.4. The highest BCUT2D eigenvalue weighted by molar-refractivity contribution is 8.03. The molecule has 0 radical (unpaired) electrons. The monoisotopic (exact) mass is 756 g/mol. The van der Waals surface area contributed by atoms with E-state index in [9.17, 15) is 52.5 Å². The summed E-state index contributed by atoms with van der Waals surface area (Å²) in [6, 6.07) is 25.7. The van der Waals surface area contributed by atoms with Gasteiger partial charge in [-0.05, 0) is 73.7 Å². The molecule has 252 valence electrons. The minimum atomic E-state index is -7.43. The smallest absolute Gasteiger partial charge is 0.460 e. The van der Waals surface area contributed by atoms with E-state index in [1.165, 1.54) is 27.3 Å². The quantitative estimate of drug-likeness (QED) is 0.0913. The molecule has 0 unspecified atom stereocenters. The van der Waals surface area contributed by atoms with Crippen LogP contribution in [-0.2, 0) is 21.0 Å². The van der Waals surface area contributed by atoms with Crippen LogP contribution in [-0.4, -0.2) is 50.5 Å². The van der Waals surface area contributed by atoms with Gasteiger partial charge in [0.2, 0.25) is 4.21 Å². The van der Waals surface area contributed by atoms with Gasteiger partial charge in [0.15, 0.2) is 19.9 Å². The maximum atomic E-state index is 12.2. The number of rotatable bonds is 10. The van der Waals surface area contributed by atoms with Gasteiger partial charge >= 0.3 is 23.3 Å². The first-order valence-electron chi connectivity index (χ1n) is 12.2. The number of halogens is 9. The Bertz CT molecular complexity index is 1660. The molecule has 4 rings (SSSR count). The molecule has 5 nitrogen and oxygen atoms in total. The molecule has 0 atom stereocenters. The Balaban J connectivity index is 0.000000292. The summed E-state index contributed by atoms with van der Waals surface area (Å²) in [5, 5.41) is -7.11. The highest BCUT2D eigenvalue weighted by atomic mass is 32.2. The molecule has 0 fully saturated rings. The summed E-state index contributed by atoms with van der Waals surface area (Å²) in [4.78, 5) is 3.91. The third-order valence-electron chi connectivity index (χ3n) is 5.69. The zero-order valence-corrected chi connectivity index (χ0v) is 27.5. The largest absolute Gasteiger partial charge is 0.743 e. The van der Waals surface area contributed by atoms with Crippen molar-refractivity contribution < 1.29 is 62.0 Å². The van der Waals surface area contributed by atoms with Gasteiger partial charge in [-0.1, -0.05) is 23.1 Å². The average Bonchev–Trinajstić information content (AvgIpc) is 3.61. The number of alkyl halides is 9. The van der Waals surface area contributed by atoms with E-state index in [0.29, 0.717) is 0 Å². The number of methoxy groups -OCH3 is 2. The van der Waals surface area contributed by atoms with Crippen molar-refractivity contribution in [3.63, 3.8) is 0 Å². The maximum Gasteiger partial charge on any atom is 0.460 e. The lowest BCUT2D eigenvalue weighted by atomic mass is 10.1. The molecule has 0 saturated carbocycles. The molecule has 2 aromatic carbocycles. The molecule has 0 aliphatic rings. The minimum absolute atomic E-state index is 0.170. The van der Waals surface area contributed by atoms with E-state index in [0.717, 1.165) is 11.5 Å².